The van der Waals surface area contributed by atoms with Crippen molar-refractivity contribution in [1.82, 2.24) is 5.32 Å². The van der Waals surface area contributed by atoms with Gasteiger partial charge in [0.05, 0.1) is 16.0 Å². The van der Waals surface area contributed by atoms with E-state index >= 15 is 0 Å². The Morgan fingerprint density at radius 3 is 2.58 bits per heavy atom. The van der Waals surface area contributed by atoms with Gasteiger partial charge in [-0.2, -0.15) is 0 Å². The van der Waals surface area contributed by atoms with Gasteiger partial charge in [-0.05, 0) is 43.5 Å². The summed E-state index contributed by atoms with van der Waals surface area (Å²) in [7, 11) is 0.531. The van der Waals surface area contributed by atoms with Gasteiger partial charge in [-0.25, -0.2) is 8.78 Å². The highest BCUT2D eigenvalue weighted by atomic mass is 32.2. The van der Waals surface area contributed by atoms with Crippen molar-refractivity contribution in [1.29, 1.82) is 0 Å². The van der Waals surface area contributed by atoms with E-state index in [1.54, 1.807) is 0 Å². The quantitative estimate of drug-likeness (QED) is 0.926. The van der Waals surface area contributed by atoms with E-state index in [2.05, 4.69) is 19.2 Å². The highest BCUT2D eigenvalue weighted by molar-refractivity contribution is 7.85. The van der Waals surface area contributed by atoms with Gasteiger partial charge < -0.3 is 5.32 Å². The molecular formula is C14H19F2NOS. The molecule has 0 aliphatic heterocycles. The Labute approximate surface area is 115 Å². The van der Waals surface area contributed by atoms with Gasteiger partial charge >= 0.3 is 0 Å². The molecular weight excluding hydrogens is 268 g/mol. The Kier molecular flexibility index (Phi) is 4.06. The first-order chi connectivity index (χ1) is 8.86. The van der Waals surface area contributed by atoms with E-state index in [-0.39, 0.29) is 16.7 Å². The first kappa shape index (κ1) is 14.6. The molecule has 0 amide bonds. The minimum absolute atomic E-state index is 0.0631. The van der Waals surface area contributed by atoms with E-state index in [4.69, 9.17) is 0 Å². The second-order valence-corrected chi connectivity index (χ2v) is 7.38. The first-order valence-electron chi connectivity index (χ1n) is 6.39. The molecule has 0 spiro atoms. The van der Waals surface area contributed by atoms with E-state index in [9.17, 15) is 13.0 Å². The van der Waals surface area contributed by atoms with Gasteiger partial charge in [-0.15, -0.1) is 0 Å². The predicted molar refractivity (Wildman–Crippen MR) is 72.4 cm³/mol. The molecule has 1 aromatic carbocycles. The van der Waals surface area contributed by atoms with Crippen LogP contribution in [0, 0.1) is 17.0 Å². The molecule has 1 aromatic rings. The summed E-state index contributed by atoms with van der Waals surface area (Å²) < 4.78 is 38.7. The third-order valence-electron chi connectivity index (χ3n) is 4.00. The number of hydrogen-bond donors (Lipinski definition) is 1. The monoisotopic (exact) mass is 287 g/mol. The molecule has 106 valence electrons. The van der Waals surface area contributed by atoms with Crippen molar-refractivity contribution in [3.8, 4) is 0 Å². The third kappa shape index (κ3) is 2.72. The van der Waals surface area contributed by atoms with Crippen LogP contribution in [0.2, 0.25) is 0 Å². The highest BCUT2D eigenvalue weighted by Crippen LogP contribution is 2.40. The summed E-state index contributed by atoms with van der Waals surface area (Å²) in [6, 6.07) is 3.61. The lowest BCUT2D eigenvalue weighted by Gasteiger charge is -2.30. The van der Waals surface area contributed by atoms with Crippen LogP contribution in [0.25, 0.3) is 0 Å². The molecule has 0 radical (unpaired) electrons. The van der Waals surface area contributed by atoms with Crippen molar-refractivity contribution in [2.45, 2.75) is 42.9 Å². The molecule has 3 unspecified atom stereocenters. The summed E-state index contributed by atoms with van der Waals surface area (Å²) in [5, 5.41) is 3.16. The zero-order valence-corrected chi connectivity index (χ0v) is 12.2. The smallest absolute Gasteiger partial charge is 0.160 e. The number of rotatable bonds is 3. The van der Waals surface area contributed by atoms with E-state index in [1.165, 1.54) is 6.07 Å². The van der Waals surface area contributed by atoms with E-state index in [0.29, 0.717) is 4.90 Å². The van der Waals surface area contributed by atoms with Crippen molar-refractivity contribution < 1.29 is 13.0 Å². The Morgan fingerprint density at radius 1 is 1.32 bits per heavy atom. The fraction of sp³-hybridized carbons (Fsp3) is 0.571. The zero-order chi connectivity index (χ0) is 14.2. The van der Waals surface area contributed by atoms with E-state index < -0.39 is 22.4 Å². The molecule has 1 saturated carbocycles. The van der Waals surface area contributed by atoms with Crippen LogP contribution in [0.3, 0.4) is 0 Å². The molecule has 0 saturated heterocycles. The summed E-state index contributed by atoms with van der Waals surface area (Å²) in [6.07, 6.45) is 1.79. The molecule has 3 atom stereocenters. The number of hydrogen-bond acceptors (Lipinski definition) is 2. The van der Waals surface area contributed by atoms with Crippen LogP contribution in [-0.2, 0) is 10.8 Å². The summed E-state index contributed by atoms with van der Waals surface area (Å²) >= 11 is 0. The molecule has 0 heterocycles. The topological polar surface area (TPSA) is 29.1 Å². The van der Waals surface area contributed by atoms with Gasteiger partial charge in [0.2, 0.25) is 0 Å². The third-order valence-corrected chi connectivity index (χ3v) is 5.77. The average Bonchev–Trinajstić information content (AvgIpc) is 2.66. The maximum atomic E-state index is 13.2. The van der Waals surface area contributed by atoms with Crippen LogP contribution in [0.4, 0.5) is 8.78 Å². The Morgan fingerprint density at radius 2 is 2.00 bits per heavy atom. The minimum Gasteiger partial charge on any atom is -0.315 e. The molecule has 1 aliphatic carbocycles. The molecule has 0 aromatic heterocycles. The Bertz CT molecular complexity index is 504. The predicted octanol–water partition coefficient (Wildman–Crippen LogP) is 2.85. The maximum absolute atomic E-state index is 13.2. The second-order valence-electron chi connectivity index (χ2n) is 5.71. The van der Waals surface area contributed by atoms with Gasteiger partial charge in [0, 0.05) is 10.9 Å². The number of nitrogens with one attached hydrogen (secondary N) is 1. The van der Waals surface area contributed by atoms with Crippen molar-refractivity contribution in [3.05, 3.63) is 29.8 Å². The molecule has 1 aliphatic rings. The lowest BCUT2D eigenvalue weighted by molar-refractivity contribution is 0.299. The van der Waals surface area contributed by atoms with Crippen molar-refractivity contribution >= 4 is 10.8 Å². The van der Waals surface area contributed by atoms with Crippen molar-refractivity contribution in [3.63, 3.8) is 0 Å². The molecule has 2 nitrogen and oxygen atoms in total. The summed E-state index contributed by atoms with van der Waals surface area (Å²) in [6.45, 7) is 4.27. The summed E-state index contributed by atoms with van der Waals surface area (Å²) in [5.41, 5.74) is 0.0631. The lowest BCUT2D eigenvalue weighted by Crippen LogP contribution is -2.44. The lowest BCUT2D eigenvalue weighted by atomic mass is 9.87. The zero-order valence-electron chi connectivity index (χ0n) is 11.4. The van der Waals surface area contributed by atoms with Crippen LogP contribution in [0.15, 0.2) is 23.1 Å². The highest BCUT2D eigenvalue weighted by Gasteiger charge is 2.44. The van der Waals surface area contributed by atoms with Gasteiger partial charge in [0.1, 0.15) is 0 Å². The van der Waals surface area contributed by atoms with Gasteiger partial charge in [0.15, 0.2) is 11.6 Å². The van der Waals surface area contributed by atoms with Crippen LogP contribution < -0.4 is 5.32 Å². The summed E-state index contributed by atoms with van der Waals surface area (Å²) in [4.78, 5) is 0.363. The van der Waals surface area contributed by atoms with E-state index in [0.717, 1.165) is 25.0 Å². The van der Waals surface area contributed by atoms with Crippen molar-refractivity contribution in [2.75, 3.05) is 7.05 Å². The Hall–Kier alpha value is -0.810. The van der Waals surface area contributed by atoms with Crippen LogP contribution in [-0.4, -0.2) is 22.5 Å². The summed E-state index contributed by atoms with van der Waals surface area (Å²) in [5.74, 6) is -1.85. The van der Waals surface area contributed by atoms with Gasteiger partial charge in [-0.3, -0.25) is 4.21 Å². The second kappa shape index (κ2) is 5.29. The fourth-order valence-electron chi connectivity index (χ4n) is 2.92. The fourth-order valence-corrected chi connectivity index (χ4v) is 4.78. The molecule has 19 heavy (non-hydrogen) atoms. The van der Waals surface area contributed by atoms with Crippen LogP contribution in [0.1, 0.15) is 26.7 Å². The van der Waals surface area contributed by atoms with Gasteiger partial charge in [0.25, 0.3) is 0 Å². The molecule has 1 N–H and O–H groups in total. The largest absolute Gasteiger partial charge is 0.315 e. The minimum atomic E-state index is -1.32. The normalized spacial score (nSPS) is 27.4. The standard InChI is InChI=1S/C14H19F2NOS/c1-14(2)7-6-12(13(14)17-3)19(18)9-4-5-10(15)11(16)8-9/h4-5,8,12-13,17H,6-7H2,1-3H3. The van der Waals surface area contributed by atoms with E-state index in [1.807, 2.05) is 7.05 Å². The number of benzene rings is 1. The number of halogens is 2. The van der Waals surface area contributed by atoms with Gasteiger partial charge in [-0.1, -0.05) is 13.8 Å². The maximum Gasteiger partial charge on any atom is 0.160 e. The SMILES string of the molecule is CNC1C(S(=O)c2ccc(F)c(F)c2)CCC1(C)C. The molecule has 0 bridgehead atoms. The molecule has 2 rings (SSSR count). The first-order valence-corrected chi connectivity index (χ1v) is 7.61. The average molecular weight is 287 g/mol. The molecule has 5 heteroatoms. The molecule has 1 fully saturated rings. The Balaban J connectivity index is 2.27. The van der Waals surface area contributed by atoms with Crippen molar-refractivity contribution in [2.24, 2.45) is 5.41 Å². The van der Waals surface area contributed by atoms with Crippen LogP contribution >= 0.6 is 0 Å². The van der Waals surface area contributed by atoms with Crippen LogP contribution in [0.5, 0.6) is 0 Å².